The maximum Gasteiger partial charge on any atom is 0.185 e. The Kier molecular flexibility index (Phi) is 4.76. The van der Waals surface area contributed by atoms with Crippen molar-refractivity contribution in [3.05, 3.63) is 11.1 Å². The third-order valence-electron chi connectivity index (χ3n) is 3.07. The molecule has 0 aromatic carbocycles. The first-order chi connectivity index (χ1) is 8.33. The maximum absolute atomic E-state index is 5.44. The third-order valence-corrected chi connectivity index (χ3v) is 4.13. The molecule has 2 heterocycles. The lowest BCUT2D eigenvalue weighted by Crippen LogP contribution is -2.39. The Hall–Kier alpha value is -0.650. The molecule has 0 saturated carbocycles. The second-order valence-corrected chi connectivity index (χ2v) is 5.43. The van der Waals surface area contributed by atoms with E-state index in [1.54, 1.807) is 18.4 Å². The van der Waals surface area contributed by atoms with Gasteiger partial charge in [0, 0.05) is 37.8 Å². The number of anilines is 1. The van der Waals surface area contributed by atoms with E-state index >= 15 is 0 Å². The Bertz CT molecular complexity index is 342. The Morgan fingerprint density at radius 2 is 2.53 bits per heavy atom. The van der Waals surface area contributed by atoms with Gasteiger partial charge in [0.05, 0.1) is 6.10 Å². The molecule has 1 unspecified atom stereocenters. The van der Waals surface area contributed by atoms with Crippen LogP contribution in [0.15, 0.2) is 6.20 Å². The molecule has 5 heteroatoms. The van der Waals surface area contributed by atoms with Crippen molar-refractivity contribution in [2.75, 3.05) is 31.6 Å². The summed E-state index contributed by atoms with van der Waals surface area (Å²) < 4.78 is 5.44. The molecule has 0 bridgehead atoms. The molecular weight excluding hydrogens is 234 g/mol. The molecule has 1 aromatic rings. The van der Waals surface area contributed by atoms with E-state index in [0.717, 1.165) is 31.3 Å². The third kappa shape index (κ3) is 3.40. The summed E-state index contributed by atoms with van der Waals surface area (Å²) >= 11 is 1.79. The summed E-state index contributed by atoms with van der Waals surface area (Å²) in [7, 11) is 1.80. The van der Waals surface area contributed by atoms with E-state index in [1.165, 1.54) is 17.7 Å². The highest BCUT2D eigenvalue weighted by Crippen LogP contribution is 2.26. The van der Waals surface area contributed by atoms with Gasteiger partial charge in [-0.1, -0.05) is 6.92 Å². The molecule has 96 valence electrons. The molecule has 1 fully saturated rings. The summed E-state index contributed by atoms with van der Waals surface area (Å²) in [5, 5.41) is 4.47. The monoisotopic (exact) mass is 255 g/mol. The van der Waals surface area contributed by atoms with Crippen LogP contribution in [0.4, 0.5) is 5.13 Å². The SMILES string of the molecule is CCNCc1cnc(N2CCCC(OC)C2)s1. The van der Waals surface area contributed by atoms with Crippen molar-refractivity contribution >= 4 is 16.5 Å². The molecule has 1 aliphatic rings. The molecular formula is C12H21N3OS. The van der Waals surface area contributed by atoms with Gasteiger partial charge >= 0.3 is 0 Å². The summed E-state index contributed by atoms with van der Waals surface area (Å²) in [4.78, 5) is 8.16. The number of piperidine rings is 1. The first-order valence-electron chi connectivity index (χ1n) is 6.26. The highest BCUT2D eigenvalue weighted by molar-refractivity contribution is 7.15. The van der Waals surface area contributed by atoms with Crippen molar-refractivity contribution in [3.8, 4) is 0 Å². The number of ether oxygens (including phenoxy) is 1. The number of rotatable bonds is 5. The molecule has 1 aliphatic heterocycles. The largest absolute Gasteiger partial charge is 0.380 e. The Labute approximate surface area is 107 Å². The maximum atomic E-state index is 5.44. The van der Waals surface area contributed by atoms with Gasteiger partial charge in [-0.3, -0.25) is 0 Å². The number of thiazole rings is 1. The van der Waals surface area contributed by atoms with Crippen molar-refractivity contribution in [2.45, 2.75) is 32.4 Å². The van der Waals surface area contributed by atoms with E-state index in [2.05, 4.69) is 22.1 Å². The summed E-state index contributed by atoms with van der Waals surface area (Å²) in [6.45, 7) is 6.13. The number of nitrogens with zero attached hydrogens (tertiary/aromatic N) is 2. The number of aromatic nitrogens is 1. The molecule has 17 heavy (non-hydrogen) atoms. The quantitative estimate of drug-likeness (QED) is 0.871. The van der Waals surface area contributed by atoms with Gasteiger partial charge in [-0.05, 0) is 19.4 Å². The van der Waals surface area contributed by atoms with Crippen LogP contribution in [0.1, 0.15) is 24.6 Å². The van der Waals surface area contributed by atoms with E-state index in [-0.39, 0.29) is 0 Å². The molecule has 2 rings (SSSR count). The average molecular weight is 255 g/mol. The van der Waals surface area contributed by atoms with Gasteiger partial charge in [-0.15, -0.1) is 11.3 Å². The molecule has 4 nitrogen and oxygen atoms in total. The lowest BCUT2D eigenvalue weighted by Gasteiger charge is -2.31. The predicted octanol–water partition coefficient (Wildman–Crippen LogP) is 1.87. The van der Waals surface area contributed by atoms with Crippen LogP contribution in [-0.2, 0) is 11.3 Å². The van der Waals surface area contributed by atoms with Crippen molar-refractivity contribution in [1.29, 1.82) is 0 Å². The second-order valence-electron chi connectivity index (χ2n) is 4.34. The van der Waals surface area contributed by atoms with Crippen LogP contribution in [0.2, 0.25) is 0 Å². The highest BCUT2D eigenvalue weighted by atomic mass is 32.1. The standard InChI is InChI=1S/C12H21N3OS/c1-3-13-7-11-8-14-12(17-11)15-6-4-5-10(9-15)16-2/h8,10,13H,3-7,9H2,1-2H3. The minimum Gasteiger partial charge on any atom is -0.380 e. The first kappa shape index (κ1) is 12.8. The van der Waals surface area contributed by atoms with E-state index in [1.807, 2.05) is 6.20 Å². The van der Waals surface area contributed by atoms with Crippen LogP contribution in [0, 0.1) is 0 Å². The van der Waals surface area contributed by atoms with Crippen LogP contribution in [0.25, 0.3) is 0 Å². The fourth-order valence-corrected chi connectivity index (χ4v) is 2.99. The zero-order valence-corrected chi connectivity index (χ0v) is 11.4. The minimum atomic E-state index is 0.366. The number of methoxy groups -OCH3 is 1. The van der Waals surface area contributed by atoms with Gasteiger partial charge in [0.25, 0.3) is 0 Å². The molecule has 1 aromatic heterocycles. The number of hydrogen-bond acceptors (Lipinski definition) is 5. The van der Waals surface area contributed by atoms with Crippen LogP contribution in [0.5, 0.6) is 0 Å². The van der Waals surface area contributed by atoms with Gasteiger partial charge in [0.15, 0.2) is 5.13 Å². The second kappa shape index (κ2) is 6.33. The fraction of sp³-hybridized carbons (Fsp3) is 0.750. The Morgan fingerprint density at radius 3 is 3.29 bits per heavy atom. The normalized spacial score (nSPS) is 20.8. The van der Waals surface area contributed by atoms with Crippen molar-refractivity contribution in [3.63, 3.8) is 0 Å². The van der Waals surface area contributed by atoms with E-state index < -0.39 is 0 Å². The first-order valence-corrected chi connectivity index (χ1v) is 7.08. The number of nitrogens with one attached hydrogen (secondary N) is 1. The fourth-order valence-electron chi connectivity index (χ4n) is 2.08. The summed E-state index contributed by atoms with van der Waals surface area (Å²) in [5.41, 5.74) is 0. The van der Waals surface area contributed by atoms with Crippen LogP contribution in [0.3, 0.4) is 0 Å². The lowest BCUT2D eigenvalue weighted by molar-refractivity contribution is 0.0893. The smallest absolute Gasteiger partial charge is 0.185 e. The lowest BCUT2D eigenvalue weighted by atomic mass is 10.1. The van der Waals surface area contributed by atoms with Gasteiger partial charge in [-0.2, -0.15) is 0 Å². The van der Waals surface area contributed by atoms with E-state index in [0.29, 0.717) is 6.10 Å². The molecule has 1 atom stereocenters. The predicted molar refractivity (Wildman–Crippen MR) is 71.7 cm³/mol. The topological polar surface area (TPSA) is 37.4 Å². The molecule has 1 saturated heterocycles. The summed E-state index contributed by atoms with van der Waals surface area (Å²) in [5.74, 6) is 0. The molecule has 0 spiro atoms. The van der Waals surface area contributed by atoms with Gasteiger partial charge in [0.1, 0.15) is 0 Å². The van der Waals surface area contributed by atoms with Crippen molar-refractivity contribution in [2.24, 2.45) is 0 Å². The van der Waals surface area contributed by atoms with Gasteiger partial charge < -0.3 is 15.0 Å². The zero-order valence-electron chi connectivity index (χ0n) is 10.6. The van der Waals surface area contributed by atoms with Gasteiger partial charge in [-0.25, -0.2) is 4.98 Å². The minimum absolute atomic E-state index is 0.366. The van der Waals surface area contributed by atoms with Crippen molar-refractivity contribution in [1.82, 2.24) is 10.3 Å². The van der Waals surface area contributed by atoms with Crippen LogP contribution in [-0.4, -0.2) is 37.8 Å². The molecule has 1 N–H and O–H groups in total. The Morgan fingerprint density at radius 1 is 1.65 bits per heavy atom. The Balaban J connectivity index is 1.94. The van der Waals surface area contributed by atoms with Crippen molar-refractivity contribution < 1.29 is 4.74 Å². The summed E-state index contributed by atoms with van der Waals surface area (Å²) in [6, 6.07) is 0. The number of hydrogen-bond donors (Lipinski definition) is 1. The molecule has 0 aliphatic carbocycles. The van der Waals surface area contributed by atoms with E-state index in [9.17, 15) is 0 Å². The van der Waals surface area contributed by atoms with Crippen LogP contribution < -0.4 is 10.2 Å². The zero-order chi connectivity index (χ0) is 12.1. The summed E-state index contributed by atoms with van der Waals surface area (Å²) in [6.07, 6.45) is 4.72. The average Bonchev–Trinajstić information content (AvgIpc) is 2.85. The highest BCUT2D eigenvalue weighted by Gasteiger charge is 2.21. The van der Waals surface area contributed by atoms with Gasteiger partial charge in [0.2, 0.25) is 0 Å². The van der Waals surface area contributed by atoms with Crippen LogP contribution >= 0.6 is 11.3 Å². The van der Waals surface area contributed by atoms with E-state index in [4.69, 9.17) is 4.74 Å². The molecule has 0 radical (unpaired) electrons. The molecule has 0 amide bonds.